The van der Waals surface area contributed by atoms with Gasteiger partial charge >= 0.3 is 12.2 Å². The lowest BCUT2D eigenvalue weighted by molar-refractivity contribution is 0.0843. The number of benzene rings is 1. The van der Waals surface area contributed by atoms with Crippen LogP contribution in [0.25, 0.3) is 0 Å². The van der Waals surface area contributed by atoms with Crippen LogP contribution < -0.4 is 5.32 Å². The van der Waals surface area contributed by atoms with Gasteiger partial charge in [-0.2, -0.15) is 0 Å². The number of methoxy groups -OCH3 is 1. The molecular formula is C17H24N2O4. The number of hydrogen-bond acceptors (Lipinski definition) is 4. The summed E-state index contributed by atoms with van der Waals surface area (Å²) < 4.78 is 10.0. The SMILES string of the molecule is CCC1CC(NC(=O)OCc2ccccc2)CN(C(=O)OC)C1. The van der Waals surface area contributed by atoms with Crippen LogP contribution in [0.2, 0.25) is 0 Å². The monoisotopic (exact) mass is 320 g/mol. The quantitative estimate of drug-likeness (QED) is 0.926. The number of nitrogens with one attached hydrogen (secondary N) is 1. The van der Waals surface area contributed by atoms with Crippen molar-refractivity contribution >= 4 is 12.2 Å². The fourth-order valence-corrected chi connectivity index (χ4v) is 2.81. The highest BCUT2D eigenvalue weighted by Crippen LogP contribution is 2.20. The summed E-state index contributed by atoms with van der Waals surface area (Å²) in [4.78, 5) is 25.3. The number of rotatable bonds is 4. The predicted molar refractivity (Wildman–Crippen MR) is 85.9 cm³/mol. The van der Waals surface area contributed by atoms with E-state index in [9.17, 15) is 9.59 Å². The lowest BCUT2D eigenvalue weighted by atomic mass is 9.92. The van der Waals surface area contributed by atoms with Gasteiger partial charge in [-0.15, -0.1) is 0 Å². The van der Waals surface area contributed by atoms with Gasteiger partial charge in [0, 0.05) is 13.1 Å². The van der Waals surface area contributed by atoms with Crippen molar-refractivity contribution in [1.82, 2.24) is 10.2 Å². The molecule has 1 saturated heterocycles. The molecule has 1 aliphatic rings. The molecule has 6 nitrogen and oxygen atoms in total. The van der Waals surface area contributed by atoms with Crippen LogP contribution in [0, 0.1) is 5.92 Å². The number of ether oxygens (including phenoxy) is 2. The Morgan fingerprint density at radius 3 is 2.65 bits per heavy atom. The number of carbonyl (C=O) groups excluding carboxylic acids is 2. The minimum absolute atomic E-state index is 0.115. The van der Waals surface area contributed by atoms with E-state index in [1.807, 2.05) is 30.3 Å². The molecule has 1 N–H and O–H groups in total. The van der Waals surface area contributed by atoms with Crippen molar-refractivity contribution < 1.29 is 19.1 Å². The summed E-state index contributed by atoms with van der Waals surface area (Å²) in [6.45, 7) is 3.43. The highest BCUT2D eigenvalue weighted by Gasteiger charge is 2.30. The molecular weight excluding hydrogens is 296 g/mol. The normalized spacial score (nSPS) is 20.7. The number of likely N-dealkylation sites (tertiary alicyclic amines) is 1. The lowest BCUT2D eigenvalue weighted by Gasteiger charge is -2.36. The van der Waals surface area contributed by atoms with Crippen LogP contribution in [-0.2, 0) is 16.1 Å². The zero-order valence-corrected chi connectivity index (χ0v) is 13.7. The summed E-state index contributed by atoms with van der Waals surface area (Å²) in [7, 11) is 1.37. The first-order chi connectivity index (χ1) is 11.1. The molecule has 0 spiro atoms. The molecule has 0 bridgehead atoms. The number of hydrogen-bond donors (Lipinski definition) is 1. The van der Waals surface area contributed by atoms with Crippen LogP contribution >= 0.6 is 0 Å². The van der Waals surface area contributed by atoms with Crippen molar-refractivity contribution in [3.8, 4) is 0 Å². The third-order valence-electron chi connectivity index (χ3n) is 4.08. The molecule has 1 heterocycles. The molecule has 23 heavy (non-hydrogen) atoms. The molecule has 0 radical (unpaired) electrons. The summed E-state index contributed by atoms with van der Waals surface area (Å²) in [5, 5.41) is 2.85. The van der Waals surface area contributed by atoms with E-state index in [-0.39, 0.29) is 18.7 Å². The summed E-state index contributed by atoms with van der Waals surface area (Å²) in [6, 6.07) is 9.41. The molecule has 1 aliphatic heterocycles. The van der Waals surface area contributed by atoms with Crippen molar-refractivity contribution in [1.29, 1.82) is 0 Å². The summed E-state index contributed by atoms with van der Waals surface area (Å²) in [6.07, 6.45) is 0.975. The van der Waals surface area contributed by atoms with Gasteiger partial charge in [0.15, 0.2) is 0 Å². The van der Waals surface area contributed by atoms with Crippen LogP contribution in [0.15, 0.2) is 30.3 Å². The standard InChI is InChI=1S/C17H24N2O4/c1-3-13-9-15(11-19(10-13)17(21)22-2)18-16(20)23-12-14-7-5-4-6-8-14/h4-8,13,15H,3,9-12H2,1-2H3,(H,18,20). The second-order valence-electron chi connectivity index (χ2n) is 5.79. The molecule has 0 saturated carbocycles. The summed E-state index contributed by atoms with van der Waals surface area (Å²) in [5.41, 5.74) is 0.939. The van der Waals surface area contributed by atoms with Crippen LogP contribution in [0.5, 0.6) is 0 Å². The highest BCUT2D eigenvalue weighted by molar-refractivity contribution is 5.69. The maximum atomic E-state index is 12.0. The maximum absolute atomic E-state index is 12.0. The topological polar surface area (TPSA) is 67.9 Å². The minimum atomic E-state index is -0.458. The number of alkyl carbamates (subject to hydrolysis) is 1. The number of nitrogens with zero attached hydrogens (tertiary/aromatic N) is 1. The van der Waals surface area contributed by atoms with Crippen LogP contribution in [-0.4, -0.2) is 43.3 Å². The van der Waals surface area contributed by atoms with E-state index in [0.717, 1.165) is 18.4 Å². The van der Waals surface area contributed by atoms with E-state index in [1.165, 1.54) is 7.11 Å². The van der Waals surface area contributed by atoms with Gasteiger partial charge in [-0.1, -0.05) is 43.7 Å². The Kier molecular flexibility index (Phi) is 6.26. The molecule has 6 heteroatoms. The van der Waals surface area contributed by atoms with Gasteiger partial charge in [-0.05, 0) is 17.9 Å². The zero-order valence-electron chi connectivity index (χ0n) is 13.7. The second-order valence-corrected chi connectivity index (χ2v) is 5.79. The first-order valence-corrected chi connectivity index (χ1v) is 7.92. The van der Waals surface area contributed by atoms with Gasteiger partial charge in [-0.3, -0.25) is 0 Å². The van der Waals surface area contributed by atoms with Crippen LogP contribution in [0.1, 0.15) is 25.3 Å². The van der Waals surface area contributed by atoms with Gasteiger partial charge in [0.2, 0.25) is 0 Å². The molecule has 2 rings (SSSR count). The van der Waals surface area contributed by atoms with E-state index in [4.69, 9.17) is 9.47 Å². The summed E-state index contributed by atoms with van der Waals surface area (Å²) >= 11 is 0. The van der Waals surface area contributed by atoms with Gasteiger partial charge in [0.25, 0.3) is 0 Å². The van der Waals surface area contributed by atoms with Gasteiger partial charge < -0.3 is 19.7 Å². The average Bonchev–Trinajstić information content (AvgIpc) is 2.59. The van der Waals surface area contributed by atoms with E-state index >= 15 is 0 Å². The maximum Gasteiger partial charge on any atom is 0.409 e. The Labute approximate surface area is 136 Å². The third-order valence-corrected chi connectivity index (χ3v) is 4.08. The molecule has 0 aliphatic carbocycles. The first kappa shape index (κ1) is 17.1. The van der Waals surface area contributed by atoms with Crippen molar-refractivity contribution in [2.75, 3.05) is 20.2 Å². The van der Waals surface area contributed by atoms with E-state index in [0.29, 0.717) is 19.0 Å². The zero-order chi connectivity index (χ0) is 16.7. The molecule has 0 aromatic heterocycles. The average molecular weight is 320 g/mol. The van der Waals surface area contributed by atoms with Crippen LogP contribution in [0.4, 0.5) is 9.59 Å². The minimum Gasteiger partial charge on any atom is -0.453 e. The van der Waals surface area contributed by atoms with Crippen molar-refractivity contribution in [3.05, 3.63) is 35.9 Å². The molecule has 2 unspecified atom stereocenters. The van der Waals surface area contributed by atoms with Gasteiger partial charge in [0.1, 0.15) is 6.61 Å². The largest absolute Gasteiger partial charge is 0.453 e. The molecule has 126 valence electrons. The van der Waals surface area contributed by atoms with E-state index in [1.54, 1.807) is 4.90 Å². The fraction of sp³-hybridized carbons (Fsp3) is 0.529. The Balaban J connectivity index is 1.84. The van der Waals surface area contributed by atoms with Crippen LogP contribution in [0.3, 0.4) is 0 Å². The molecule has 2 amide bonds. The van der Waals surface area contributed by atoms with Crippen molar-refractivity contribution in [3.63, 3.8) is 0 Å². The van der Waals surface area contributed by atoms with Crippen molar-refractivity contribution in [2.24, 2.45) is 5.92 Å². The highest BCUT2D eigenvalue weighted by atomic mass is 16.5. The first-order valence-electron chi connectivity index (χ1n) is 7.92. The van der Waals surface area contributed by atoms with Gasteiger partial charge in [0.05, 0.1) is 13.2 Å². The second kappa shape index (κ2) is 8.41. The third kappa shape index (κ3) is 5.16. The Morgan fingerprint density at radius 1 is 1.26 bits per heavy atom. The number of piperidine rings is 1. The van der Waals surface area contributed by atoms with Gasteiger partial charge in [-0.25, -0.2) is 9.59 Å². The lowest BCUT2D eigenvalue weighted by Crippen LogP contribution is -2.52. The van der Waals surface area contributed by atoms with E-state index in [2.05, 4.69) is 12.2 Å². The molecule has 1 aromatic carbocycles. The van der Waals surface area contributed by atoms with E-state index < -0.39 is 6.09 Å². The Morgan fingerprint density at radius 2 is 2.00 bits per heavy atom. The number of amides is 2. The molecule has 1 fully saturated rings. The Bertz CT molecular complexity index is 521. The predicted octanol–water partition coefficient (Wildman–Crippen LogP) is 2.78. The summed E-state index contributed by atoms with van der Waals surface area (Å²) in [5.74, 6) is 0.349. The molecule has 1 aromatic rings. The van der Waals surface area contributed by atoms with Crippen molar-refractivity contribution in [2.45, 2.75) is 32.4 Å². The number of carbonyl (C=O) groups is 2. The smallest absolute Gasteiger partial charge is 0.409 e. The Hall–Kier alpha value is -2.24. The fourth-order valence-electron chi connectivity index (χ4n) is 2.81. The molecule has 2 atom stereocenters.